The predicted molar refractivity (Wildman–Crippen MR) is 83.0 cm³/mol. The first kappa shape index (κ1) is 17.3. The maximum Gasteiger partial charge on any atom is 0.309 e. The van der Waals surface area contributed by atoms with Crippen LogP contribution in [-0.2, 0) is 4.79 Å². The van der Waals surface area contributed by atoms with Crippen molar-refractivity contribution in [3.63, 3.8) is 0 Å². The average molecular weight is 294 g/mol. The number of carboxylic acids is 1. The Morgan fingerprint density at radius 1 is 1.14 bits per heavy atom. The molecule has 0 saturated carbocycles. The molecule has 1 aromatic carbocycles. The Kier molecular flexibility index (Phi) is 7.06. The van der Waals surface area contributed by atoms with Gasteiger partial charge in [-0.2, -0.15) is 0 Å². The fourth-order valence-electron chi connectivity index (χ4n) is 2.43. The van der Waals surface area contributed by atoms with Crippen LogP contribution in [0.4, 0.5) is 0 Å². The molecule has 4 nitrogen and oxygen atoms in total. The molecule has 0 aliphatic heterocycles. The molecule has 0 aromatic heterocycles. The first-order valence-corrected chi connectivity index (χ1v) is 7.67. The molecule has 0 heterocycles. The van der Waals surface area contributed by atoms with Crippen molar-refractivity contribution in [3.8, 4) is 11.5 Å². The third kappa shape index (κ3) is 4.96. The van der Waals surface area contributed by atoms with Crippen LogP contribution in [0.2, 0.25) is 0 Å². The van der Waals surface area contributed by atoms with Crippen LogP contribution in [0.1, 0.15) is 46.5 Å². The molecule has 0 unspecified atom stereocenters. The van der Waals surface area contributed by atoms with Crippen molar-refractivity contribution in [2.45, 2.75) is 46.5 Å². The highest BCUT2D eigenvalue weighted by Crippen LogP contribution is 2.32. The summed E-state index contributed by atoms with van der Waals surface area (Å²) in [5.41, 5.74) is -0.615. The summed E-state index contributed by atoms with van der Waals surface area (Å²) in [6.45, 7) is 6.95. The molecule has 0 saturated heterocycles. The summed E-state index contributed by atoms with van der Waals surface area (Å²) in [6, 6.07) is 7.51. The molecule has 0 aliphatic carbocycles. The average Bonchev–Trinajstić information content (AvgIpc) is 2.48. The molecule has 0 radical (unpaired) electrons. The molecule has 4 heteroatoms. The second-order valence-electron chi connectivity index (χ2n) is 5.15. The van der Waals surface area contributed by atoms with Gasteiger partial charge in [-0.25, -0.2) is 0 Å². The molecular formula is C17H26O4. The van der Waals surface area contributed by atoms with Crippen molar-refractivity contribution >= 4 is 5.97 Å². The lowest BCUT2D eigenvalue weighted by atomic mass is 9.78. The van der Waals surface area contributed by atoms with Gasteiger partial charge < -0.3 is 14.6 Å². The minimum Gasteiger partial charge on any atom is -0.494 e. The zero-order valence-corrected chi connectivity index (χ0v) is 13.2. The van der Waals surface area contributed by atoms with Crippen molar-refractivity contribution in [1.29, 1.82) is 0 Å². The SMILES string of the molecule is CCOc1cccc(OCCCC(CC)(CC)C(=O)O)c1. The van der Waals surface area contributed by atoms with Crippen molar-refractivity contribution in [3.05, 3.63) is 24.3 Å². The number of rotatable bonds is 10. The first-order valence-electron chi connectivity index (χ1n) is 7.67. The smallest absolute Gasteiger partial charge is 0.309 e. The van der Waals surface area contributed by atoms with Crippen LogP contribution in [-0.4, -0.2) is 24.3 Å². The second kappa shape index (κ2) is 8.55. The van der Waals surface area contributed by atoms with Gasteiger partial charge in [-0.1, -0.05) is 19.9 Å². The Hall–Kier alpha value is -1.71. The quantitative estimate of drug-likeness (QED) is 0.659. The number of hydrogen-bond donors (Lipinski definition) is 1. The van der Waals surface area contributed by atoms with Crippen molar-refractivity contribution in [2.75, 3.05) is 13.2 Å². The van der Waals surface area contributed by atoms with Crippen molar-refractivity contribution in [2.24, 2.45) is 5.41 Å². The van der Waals surface area contributed by atoms with Crippen molar-refractivity contribution < 1.29 is 19.4 Å². The number of benzene rings is 1. The van der Waals surface area contributed by atoms with Crippen LogP contribution in [0.15, 0.2) is 24.3 Å². The molecule has 0 fully saturated rings. The molecule has 0 atom stereocenters. The zero-order valence-electron chi connectivity index (χ0n) is 13.2. The van der Waals surface area contributed by atoms with E-state index in [2.05, 4.69) is 0 Å². The summed E-state index contributed by atoms with van der Waals surface area (Å²) in [5, 5.41) is 9.38. The normalized spacial score (nSPS) is 11.2. The van der Waals surface area contributed by atoms with E-state index >= 15 is 0 Å². The van der Waals surface area contributed by atoms with E-state index < -0.39 is 11.4 Å². The fraction of sp³-hybridized carbons (Fsp3) is 0.588. The molecule has 1 aromatic rings. The molecule has 1 rings (SSSR count). The summed E-state index contributed by atoms with van der Waals surface area (Å²) >= 11 is 0. The van der Waals surface area contributed by atoms with E-state index in [1.54, 1.807) is 0 Å². The minimum absolute atomic E-state index is 0.518. The molecule has 21 heavy (non-hydrogen) atoms. The lowest BCUT2D eigenvalue weighted by Crippen LogP contribution is -2.30. The largest absolute Gasteiger partial charge is 0.494 e. The van der Waals surface area contributed by atoms with Gasteiger partial charge in [0.25, 0.3) is 0 Å². The molecule has 0 spiro atoms. The van der Waals surface area contributed by atoms with Crippen LogP contribution in [0, 0.1) is 5.41 Å². The van der Waals surface area contributed by atoms with E-state index in [9.17, 15) is 9.90 Å². The van der Waals surface area contributed by atoms with Gasteiger partial charge in [-0.05, 0) is 44.7 Å². The van der Waals surface area contributed by atoms with Gasteiger partial charge >= 0.3 is 5.97 Å². The molecule has 1 N–H and O–H groups in total. The van der Waals surface area contributed by atoms with Gasteiger partial charge in [-0.15, -0.1) is 0 Å². The molecule has 0 bridgehead atoms. The summed E-state index contributed by atoms with van der Waals surface area (Å²) in [4.78, 5) is 11.4. The van der Waals surface area contributed by atoms with Crippen LogP contribution >= 0.6 is 0 Å². The van der Waals surface area contributed by atoms with Gasteiger partial charge in [0.1, 0.15) is 11.5 Å². The number of carbonyl (C=O) groups is 1. The second-order valence-corrected chi connectivity index (χ2v) is 5.15. The van der Waals surface area contributed by atoms with Gasteiger partial charge in [0.15, 0.2) is 0 Å². The van der Waals surface area contributed by atoms with Crippen LogP contribution in [0.3, 0.4) is 0 Å². The highest BCUT2D eigenvalue weighted by atomic mass is 16.5. The Morgan fingerprint density at radius 3 is 2.29 bits per heavy atom. The van der Waals surface area contributed by atoms with E-state index in [0.717, 1.165) is 17.9 Å². The molecule has 0 aliphatic rings. The van der Waals surface area contributed by atoms with E-state index in [-0.39, 0.29) is 0 Å². The summed E-state index contributed by atoms with van der Waals surface area (Å²) < 4.78 is 11.1. The highest BCUT2D eigenvalue weighted by molar-refractivity contribution is 5.74. The maximum atomic E-state index is 11.4. The number of ether oxygens (including phenoxy) is 2. The Bertz CT molecular complexity index is 438. The number of aliphatic carboxylic acids is 1. The number of hydrogen-bond acceptors (Lipinski definition) is 3. The third-order valence-electron chi connectivity index (χ3n) is 3.99. The summed E-state index contributed by atoms with van der Waals surface area (Å²) in [7, 11) is 0. The Morgan fingerprint density at radius 2 is 1.76 bits per heavy atom. The minimum atomic E-state index is -0.703. The third-order valence-corrected chi connectivity index (χ3v) is 3.99. The number of carboxylic acid groups (broad SMARTS) is 1. The Balaban J connectivity index is 2.46. The van der Waals surface area contributed by atoms with E-state index in [4.69, 9.17) is 9.47 Å². The topological polar surface area (TPSA) is 55.8 Å². The van der Waals surface area contributed by atoms with Gasteiger partial charge in [0.2, 0.25) is 0 Å². The van der Waals surface area contributed by atoms with Crippen molar-refractivity contribution in [1.82, 2.24) is 0 Å². The van der Waals surface area contributed by atoms with Gasteiger partial charge in [-0.3, -0.25) is 4.79 Å². The molecular weight excluding hydrogens is 268 g/mol. The van der Waals surface area contributed by atoms with Crippen LogP contribution in [0.5, 0.6) is 11.5 Å². The maximum absolute atomic E-state index is 11.4. The summed E-state index contributed by atoms with van der Waals surface area (Å²) in [6.07, 6.45) is 2.67. The lowest BCUT2D eigenvalue weighted by molar-refractivity contribution is -0.150. The lowest BCUT2D eigenvalue weighted by Gasteiger charge is -2.26. The molecule has 0 amide bonds. The van der Waals surface area contributed by atoms with Crippen LogP contribution < -0.4 is 9.47 Å². The summed E-state index contributed by atoms with van der Waals surface area (Å²) in [5.74, 6) is 0.845. The van der Waals surface area contributed by atoms with Gasteiger partial charge in [0.05, 0.1) is 18.6 Å². The van der Waals surface area contributed by atoms with E-state index in [1.807, 2.05) is 45.0 Å². The van der Waals surface area contributed by atoms with Gasteiger partial charge in [0, 0.05) is 6.07 Å². The Labute approximate surface area is 127 Å². The zero-order chi connectivity index (χ0) is 15.7. The monoisotopic (exact) mass is 294 g/mol. The molecule has 118 valence electrons. The fourth-order valence-corrected chi connectivity index (χ4v) is 2.43. The standard InChI is InChI=1S/C17H26O4/c1-4-17(5-2,16(18)19)11-8-12-21-15-10-7-9-14(13-15)20-6-3/h7,9-10,13H,4-6,8,11-12H2,1-3H3,(H,18,19). The van der Waals surface area contributed by atoms with E-state index in [1.165, 1.54) is 0 Å². The highest BCUT2D eigenvalue weighted by Gasteiger charge is 2.33. The first-order chi connectivity index (χ1) is 10.1. The van der Waals surface area contributed by atoms with Crippen LogP contribution in [0.25, 0.3) is 0 Å². The predicted octanol–water partition coefficient (Wildman–Crippen LogP) is 4.14. The van der Waals surface area contributed by atoms with E-state index in [0.29, 0.717) is 32.5 Å².